The number of ketones is 1. The number of hydrogen-bond acceptors (Lipinski definition) is 3. The summed E-state index contributed by atoms with van der Waals surface area (Å²) in [6, 6.07) is -0.367. The van der Waals surface area contributed by atoms with Crippen molar-refractivity contribution < 1.29 is 9.59 Å². The van der Waals surface area contributed by atoms with E-state index in [0.717, 1.165) is 6.42 Å². The molecular formula is C10H21N3O2. The topological polar surface area (TPSA) is 84.2 Å². The maximum atomic E-state index is 11.2. The van der Waals surface area contributed by atoms with E-state index in [-0.39, 0.29) is 17.9 Å². The largest absolute Gasteiger partial charge is 0.352 e. The number of amides is 2. The van der Waals surface area contributed by atoms with E-state index in [1.165, 1.54) is 0 Å². The van der Waals surface area contributed by atoms with E-state index in [1.54, 1.807) is 6.92 Å². The zero-order valence-corrected chi connectivity index (χ0v) is 9.67. The Balaban J connectivity index is 3.76. The van der Waals surface area contributed by atoms with Gasteiger partial charge in [-0.25, -0.2) is 4.79 Å². The van der Waals surface area contributed by atoms with Gasteiger partial charge in [-0.1, -0.05) is 13.8 Å². The van der Waals surface area contributed by atoms with E-state index in [2.05, 4.69) is 10.6 Å². The van der Waals surface area contributed by atoms with Gasteiger partial charge in [0.15, 0.2) is 0 Å². The van der Waals surface area contributed by atoms with Gasteiger partial charge in [-0.2, -0.15) is 0 Å². The Hall–Kier alpha value is -1.10. The molecule has 0 aromatic carbocycles. The first-order chi connectivity index (χ1) is 6.93. The van der Waals surface area contributed by atoms with Crippen molar-refractivity contribution in [2.75, 3.05) is 6.54 Å². The van der Waals surface area contributed by atoms with Gasteiger partial charge in [0.2, 0.25) is 0 Å². The summed E-state index contributed by atoms with van der Waals surface area (Å²) in [6.45, 7) is 6.08. The Kier molecular flexibility index (Phi) is 6.70. The second kappa shape index (κ2) is 7.23. The number of urea groups is 1. The third kappa shape index (κ3) is 7.93. The average Bonchev–Trinajstić information content (AvgIpc) is 2.08. The van der Waals surface area contributed by atoms with Crippen LogP contribution < -0.4 is 16.4 Å². The van der Waals surface area contributed by atoms with Crippen LogP contribution in [0.3, 0.4) is 0 Å². The third-order valence-electron chi connectivity index (χ3n) is 1.99. The molecule has 0 heterocycles. The summed E-state index contributed by atoms with van der Waals surface area (Å²) in [4.78, 5) is 21.6. The number of carbonyl (C=O) groups excluding carboxylic acids is 2. The Morgan fingerprint density at radius 3 is 2.33 bits per heavy atom. The maximum absolute atomic E-state index is 11.2. The van der Waals surface area contributed by atoms with Crippen molar-refractivity contribution in [1.82, 2.24) is 10.6 Å². The lowest BCUT2D eigenvalue weighted by molar-refractivity contribution is -0.119. The number of Topliss-reactive ketones (excluding diaryl/α,β-unsaturated/α-hetero) is 1. The Morgan fingerprint density at radius 1 is 1.33 bits per heavy atom. The van der Waals surface area contributed by atoms with E-state index in [1.807, 2.05) is 13.8 Å². The molecule has 88 valence electrons. The molecule has 0 aliphatic heterocycles. The fourth-order valence-electron chi connectivity index (χ4n) is 1.32. The number of primary amides is 1. The Bertz CT molecular complexity index is 217. The van der Waals surface area contributed by atoms with Crippen LogP contribution in [-0.4, -0.2) is 30.4 Å². The summed E-state index contributed by atoms with van der Waals surface area (Å²) in [5.74, 6) is 0.128. The molecule has 2 amide bonds. The minimum atomic E-state index is -0.522. The summed E-state index contributed by atoms with van der Waals surface area (Å²) in [7, 11) is 0. The van der Waals surface area contributed by atoms with Crippen LogP contribution in [0, 0.1) is 0 Å². The van der Waals surface area contributed by atoms with E-state index in [0.29, 0.717) is 13.0 Å². The number of nitrogens with two attached hydrogens (primary N) is 1. The van der Waals surface area contributed by atoms with Crippen LogP contribution in [0.25, 0.3) is 0 Å². The first kappa shape index (κ1) is 13.9. The molecule has 5 nitrogen and oxygen atoms in total. The number of rotatable bonds is 7. The molecule has 15 heavy (non-hydrogen) atoms. The van der Waals surface area contributed by atoms with Gasteiger partial charge in [0.05, 0.1) is 6.04 Å². The molecule has 0 fully saturated rings. The van der Waals surface area contributed by atoms with Crippen LogP contribution >= 0.6 is 0 Å². The van der Waals surface area contributed by atoms with Gasteiger partial charge in [-0.3, -0.25) is 4.79 Å². The monoisotopic (exact) mass is 215 g/mol. The van der Waals surface area contributed by atoms with Gasteiger partial charge < -0.3 is 16.4 Å². The fourth-order valence-corrected chi connectivity index (χ4v) is 1.32. The highest BCUT2D eigenvalue weighted by Crippen LogP contribution is 1.99. The first-order valence-electron chi connectivity index (χ1n) is 5.23. The predicted molar refractivity (Wildman–Crippen MR) is 59.6 cm³/mol. The number of hydrogen-bond donors (Lipinski definition) is 3. The van der Waals surface area contributed by atoms with Gasteiger partial charge in [-0.15, -0.1) is 0 Å². The Labute approximate surface area is 90.8 Å². The molecule has 0 aliphatic rings. The summed E-state index contributed by atoms with van der Waals surface area (Å²) < 4.78 is 0. The van der Waals surface area contributed by atoms with Crippen LogP contribution in [0.5, 0.6) is 0 Å². The second-order valence-corrected chi connectivity index (χ2v) is 3.92. The summed E-state index contributed by atoms with van der Waals surface area (Å²) in [5, 5.41) is 5.67. The molecule has 0 unspecified atom stereocenters. The van der Waals surface area contributed by atoms with Crippen LogP contribution in [-0.2, 0) is 4.79 Å². The molecule has 0 rings (SSSR count). The van der Waals surface area contributed by atoms with Crippen LogP contribution in [0.2, 0.25) is 0 Å². The highest BCUT2D eigenvalue weighted by Gasteiger charge is 2.13. The summed E-state index contributed by atoms with van der Waals surface area (Å²) in [6.07, 6.45) is 1.46. The predicted octanol–water partition coefficient (Wildman–Crippen LogP) is 0.391. The third-order valence-corrected chi connectivity index (χ3v) is 1.99. The van der Waals surface area contributed by atoms with Gasteiger partial charge >= 0.3 is 6.03 Å². The van der Waals surface area contributed by atoms with Gasteiger partial charge in [0.1, 0.15) is 5.78 Å². The molecule has 1 atom stereocenters. The van der Waals surface area contributed by atoms with Gasteiger partial charge in [0, 0.05) is 12.6 Å². The van der Waals surface area contributed by atoms with Crippen molar-refractivity contribution in [3.63, 3.8) is 0 Å². The SMILES string of the molecule is CC(=O)[C@H](CCCNC(N)=O)NC(C)C. The van der Waals surface area contributed by atoms with Gasteiger partial charge in [0.25, 0.3) is 0 Å². The molecule has 0 aromatic heterocycles. The maximum Gasteiger partial charge on any atom is 0.312 e. The standard InChI is InChI=1S/C10H21N3O2/c1-7(2)13-9(8(3)14)5-4-6-12-10(11)15/h7,9,13H,4-6H2,1-3H3,(H3,11,12,15)/t9-/m0/s1. The van der Waals surface area contributed by atoms with Crippen molar-refractivity contribution in [3.8, 4) is 0 Å². The van der Waals surface area contributed by atoms with Crippen LogP contribution in [0.4, 0.5) is 4.79 Å². The smallest absolute Gasteiger partial charge is 0.312 e. The molecule has 4 N–H and O–H groups in total. The molecule has 0 bridgehead atoms. The number of nitrogens with one attached hydrogen (secondary N) is 2. The molecule has 5 heteroatoms. The van der Waals surface area contributed by atoms with Crippen LogP contribution in [0.15, 0.2) is 0 Å². The normalized spacial score (nSPS) is 12.5. The molecule has 0 spiro atoms. The van der Waals surface area contributed by atoms with Crippen molar-refractivity contribution in [3.05, 3.63) is 0 Å². The quantitative estimate of drug-likeness (QED) is 0.537. The van der Waals surface area contributed by atoms with E-state index in [9.17, 15) is 9.59 Å². The minimum absolute atomic E-state index is 0.125. The van der Waals surface area contributed by atoms with Crippen molar-refractivity contribution in [2.24, 2.45) is 5.73 Å². The molecule has 0 aromatic rings. The highest BCUT2D eigenvalue weighted by atomic mass is 16.2. The fraction of sp³-hybridized carbons (Fsp3) is 0.800. The van der Waals surface area contributed by atoms with Crippen molar-refractivity contribution in [1.29, 1.82) is 0 Å². The van der Waals surface area contributed by atoms with Crippen molar-refractivity contribution >= 4 is 11.8 Å². The molecular weight excluding hydrogens is 194 g/mol. The molecule has 0 radical (unpaired) electrons. The summed E-state index contributed by atoms with van der Waals surface area (Å²) >= 11 is 0. The second-order valence-electron chi connectivity index (χ2n) is 3.92. The molecule has 0 saturated carbocycles. The first-order valence-corrected chi connectivity index (χ1v) is 5.23. The zero-order valence-electron chi connectivity index (χ0n) is 9.67. The van der Waals surface area contributed by atoms with E-state index < -0.39 is 6.03 Å². The lowest BCUT2D eigenvalue weighted by Gasteiger charge is -2.18. The Morgan fingerprint density at radius 2 is 1.93 bits per heavy atom. The lowest BCUT2D eigenvalue weighted by atomic mass is 10.1. The van der Waals surface area contributed by atoms with E-state index in [4.69, 9.17) is 5.73 Å². The lowest BCUT2D eigenvalue weighted by Crippen LogP contribution is -2.40. The van der Waals surface area contributed by atoms with Gasteiger partial charge in [-0.05, 0) is 19.8 Å². The number of carbonyl (C=O) groups is 2. The highest BCUT2D eigenvalue weighted by molar-refractivity contribution is 5.81. The van der Waals surface area contributed by atoms with E-state index >= 15 is 0 Å². The van der Waals surface area contributed by atoms with Crippen LogP contribution in [0.1, 0.15) is 33.6 Å². The average molecular weight is 215 g/mol. The molecule has 0 saturated heterocycles. The zero-order chi connectivity index (χ0) is 11.8. The van der Waals surface area contributed by atoms with Crippen molar-refractivity contribution in [2.45, 2.75) is 45.7 Å². The summed E-state index contributed by atoms with van der Waals surface area (Å²) in [5.41, 5.74) is 4.92. The molecule has 0 aliphatic carbocycles. The minimum Gasteiger partial charge on any atom is -0.352 e.